The molecule has 1 fully saturated rings. The van der Waals surface area contributed by atoms with Gasteiger partial charge < -0.3 is 16.0 Å². The highest BCUT2D eigenvalue weighted by Gasteiger charge is 2.26. The van der Waals surface area contributed by atoms with Crippen LogP contribution in [0.2, 0.25) is 0 Å². The van der Waals surface area contributed by atoms with Crippen LogP contribution in [0.25, 0.3) is 0 Å². The van der Waals surface area contributed by atoms with E-state index in [2.05, 4.69) is 24.1 Å². The molecular weight excluding hydrogens is 348 g/mol. The summed E-state index contributed by atoms with van der Waals surface area (Å²) in [5.41, 5.74) is 9.71. The van der Waals surface area contributed by atoms with Crippen LogP contribution in [0.15, 0.2) is 42.5 Å². The normalized spacial score (nSPS) is 15.6. The van der Waals surface area contributed by atoms with E-state index < -0.39 is 0 Å². The fourth-order valence-corrected chi connectivity index (χ4v) is 3.43. The zero-order chi connectivity index (χ0) is 20.1. The lowest BCUT2D eigenvalue weighted by molar-refractivity contribution is 0.0746. The maximum Gasteiger partial charge on any atom is 0.254 e. The van der Waals surface area contributed by atoms with Gasteiger partial charge in [-0.1, -0.05) is 11.8 Å². The first-order valence-electron chi connectivity index (χ1n) is 9.54. The summed E-state index contributed by atoms with van der Waals surface area (Å²) in [7, 11) is 0. The summed E-state index contributed by atoms with van der Waals surface area (Å²) in [6.07, 6.45) is 2.17. The molecule has 1 unspecified atom stereocenters. The molecule has 1 atom stereocenters. The van der Waals surface area contributed by atoms with Gasteiger partial charge in [0, 0.05) is 35.0 Å². The molecule has 0 saturated carbocycles. The van der Waals surface area contributed by atoms with Crippen molar-refractivity contribution in [3.05, 3.63) is 64.7 Å². The number of nitrogens with one attached hydrogen (secondary N) is 2. The van der Waals surface area contributed by atoms with Crippen molar-refractivity contribution in [3.8, 4) is 11.8 Å². The Kier molecular flexibility index (Phi) is 6.00. The van der Waals surface area contributed by atoms with Crippen LogP contribution >= 0.6 is 0 Å². The van der Waals surface area contributed by atoms with Gasteiger partial charge in [0.05, 0.1) is 6.54 Å². The van der Waals surface area contributed by atoms with E-state index >= 15 is 0 Å². The zero-order valence-corrected chi connectivity index (χ0v) is 16.4. The summed E-state index contributed by atoms with van der Waals surface area (Å²) >= 11 is 0. The SMILES string of the molecule is Cc1cc(C#CCNc2ccc(C(=N)N)cc2)ccc1C(=O)N1CCCC1C. The Morgan fingerprint density at radius 1 is 1.29 bits per heavy atom. The number of likely N-dealkylation sites (tertiary alicyclic amines) is 1. The maximum atomic E-state index is 12.7. The highest BCUT2D eigenvalue weighted by molar-refractivity contribution is 5.96. The molecule has 0 aromatic heterocycles. The van der Waals surface area contributed by atoms with E-state index in [0.29, 0.717) is 18.2 Å². The molecule has 5 heteroatoms. The molecule has 0 aliphatic carbocycles. The van der Waals surface area contributed by atoms with Crippen molar-refractivity contribution in [2.24, 2.45) is 5.73 Å². The number of carbonyl (C=O) groups excluding carboxylic acids is 1. The van der Waals surface area contributed by atoms with Crippen molar-refractivity contribution in [2.75, 3.05) is 18.4 Å². The predicted molar refractivity (Wildman–Crippen MR) is 114 cm³/mol. The molecular formula is C23H26N4O. The van der Waals surface area contributed by atoms with E-state index in [0.717, 1.165) is 41.8 Å². The second-order valence-electron chi connectivity index (χ2n) is 7.17. The van der Waals surface area contributed by atoms with Gasteiger partial charge in [-0.3, -0.25) is 10.2 Å². The summed E-state index contributed by atoms with van der Waals surface area (Å²) in [4.78, 5) is 14.7. The molecule has 5 nitrogen and oxygen atoms in total. The average Bonchev–Trinajstić information content (AvgIpc) is 3.11. The summed E-state index contributed by atoms with van der Waals surface area (Å²) in [5, 5.41) is 10.6. The molecule has 144 valence electrons. The van der Waals surface area contributed by atoms with Crippen molar-refractivity contribution in [3.63, 3.8) is 0 Å². The van der Waals surface area contributed by atoms with E-state index in [1.54, 1.807) is 12.1 Å². The molecule has 1 aliphatic heterocycles. The van der Waals surface area contributed by atoms with Crippen LogP contribution in [-0.2, 0) is 0 Å². The van der Waals surface area contributed by atoms with Gasteiger partial charge in [-0.2, -0.15) is 0 Å². The number of nitrogens with two attached hydrogens (primary N) is 1. The fraction of sp³-hybridized carbons (Fsp3) is 0.304. The minimum atomic E-state index is 0.0582. The molecule has 0 spiro atoms. The molecule has 1 heterocycles. The van der Waals surface area contributed by atoms with Crippen LogP contribution in [0.1, 0.15) is 46.8 Å². The Labute approximate surface area is 166 Å². The van der Waals surface area contributed by atoms with Gasteiger partial charge >= 0.3 is 0 Å². The van der Waals surface area contributed by atoms with Crippen molar-refractivity contribution < 1.29 is 4.79 Å². The van der Waals surface area contributed by atoms with E-state index in [1.807, 2.05) is 42.2 Å². The van der Waals surface area contributed by atoms with Crippen LogP contribution in [0.4, 0.5) is 5.69 Å². The summed E-state index contributed by atoms with van der Waals surface area (Å²) < 4.78 is 0. The zero-order valence-electron chi connectivity index (χ0n) is 16.4. The first-order valence-corrected chi connectivity index (χ1v) is 9.54. The quantitative estimate of drug-likeness (QED) is 0.436. The van der Waals surface area contributed by atoms with Crippen LogP contribution in [0.3, 0.4) is 0 Å². The van der Waals surface area contributed by atoms with Gasteiger partial charge in [0.25, 0.3) is 5.91 Å². The van der Waals surface area contributed by atoms with E-state index in [4.69, 9.17) is 11.1 Å². The minimum Gasteiger partial charge on any atom is -0.384 e. The first-order chi connectivity index (χ1) is 13.5. The molecule has 2 aromatic carbocycles. The molecule has 28 heavy (non-hydrogen) atoms. The van der Waals surface area contributed by atoms with E-state index in [9.17, 15) is 4.79 Å². The lowest BCUT2D eigenvalue weighted by Crippen LogP contribution is -2.34. The van der Waals surface area contributed by atoms with Gasteiger partial charge in [0.2, 0.25) is 0 Å². The lowest BCUT2D eigenvalue weighted by atomic mass is 10.0. The number of amidine groups is 1. The standard InChI is InChI=1S/C23H26N4O/c1-16-15-18(7-12-21(16)23(28)27-14-4-5-17(27)2)6-3-13-26-20-10-8-19(9-11-20)22(24)25/h7-12,15,17,26H,4-5,13-14H2,1-2H3,(H3,24,25). The number of anilines is 1. The molecule has 3 rings (SSSR count). The number of hydrogen-bond donors (Lipinski definition) is 3. The van der Waals surface area contributed by atoms with Crippen molar-refractivity contribution >= 4 is 17.4 Å². The number of rotatable bonds is 4. The molecule has 1 saturated heterocycles. The number of amides is 1. The van der Waals surface area contributed by atoms with Crippen LogP contribution in [-0.4, -0.2) is 35.8 Å². The highest BCUT2D eigenvalue weighted by Crippen LogP contribution is 2.21. The van der Waals surface area contributed by atoms with Crippen molar-refractivity contribution in [1.82, 2.24) is 4.90 Å². The molecule has 0 radical (unpaired) electrons. The molecule has 1 amide bonds. The second-order valence-corrected chi connectivity index (χ2v) is 7.17. The third-order valence-electron chi connectivity index (χ3n) is 5.08. The second kappa shape index (κ2) is 8.62. The van der Waals surface area contributed by atoms with E-state index in [-0.39, 0.29) is 11.7 Å². The maximum absolute atomic E-state index is 12.7. The Balaban J connectivity index is 1.60. The highest BCUT2D eigenvalue weighted by atomic mass is 16.2. The number of hydrogen-bond acceptors (Lipinski definition) is 3. The number of carbonyl (C=O) groups is 1. The van der Waals surface area contributed by atoms with Gasteiger partial charge in [-0.05, 0) is 74.7 Å². The predicted octanol–water partition coefficient (Wildman–Crippen LogP) is 3.37. The van der Waals surface area contributed by atoms with Gasteiger partial charge in [-0.25, -0.2) is 0 Å². The third-order valence-corrected chi connectivity index (χ3v) is 5.08. The summed E-state index contributed by atoms with van der Waals surface area (Å²) in [6.45, 7) is 5.43. The Morgan fingerprint density at radius 3 is 2.64 bits per heavy atom. The first kappa shape index (κ1) is 19.5. The Bertz CT molecular complexity index is 937. The Hall–Kier alpha value is -3.26. The monoisotopic (exact) mass is 374 g/mol. The average molecular weight is 374 g/mol. The van der Waals surface area contributed by atoms with Crippen molar-refractivity contribution in [1.29, 1.82) is 5.41 Å². The third kappa shape index (κ3) is 4.52. The summed E-state index contributed by atoms with van der Waals surface area (Å²) in [6, 6.07) is 13.5. The largest absolute Gasteiger partial charge is 0.384 e. The van der Waals surface area contributed by atoms with Crippen LogP contribution < -0.4 is 11.1 Å². The van der Waals surface area contributed by atoms with Gasteiger partial charge in [0.15, 0.2) is 0 Å². The Morgan fingerprint density at radius 2 is 2.04 bits per heavy atom. The lowest BCUT2D eigenvalue weighted by Gasteiger charge is -2.22. The number of aryl methyl sites for hydroxylation is 1. The van der Waals surface area contributed by atoms with Crippen LogP contribution in [0, 0.1) is 24.2 Å². The van der Waals surface area contributed by atoms with Gasteiger partial charge in [-0.15, -0.1) is 0 Å². The topological polar surface area (TPSA) is 82.2 Å². The number of benzene rings is 2. The van der Waals surface area contributed by atoms with E-state index in [1.165, 1.54) is 0 Å². The molecule has 0 bridgehead atoms. The van der Waals surface area contributed by atoms with Crippen LogP contribution in [0.5, 0.6) is 0 Å². The molecule has 4 N–H and O–H groups in total. The molecule has 1 aliphatic rings. The minimum absolute atomic E-state index is 0.0582. The molecule has 2 aromatic rings. The fourth-order valence-electron chi connectivity index (χ4n) is 3.43. The number of nitrogens with zero attached hydrogens (tertiary/aromatic N) is 1. The number of nitrogen functional groups attached to an aromatic ring is 1. The van der Waals surface area contributed by atoms with Crippen molar-refractivity contribution in [2.45, 2.75) is 32.7 Å². The smallest absolute Gasteiger partial charge is 0.254 e. The summed E-state index contributed by atoms with van der Waals surface area (Å²) in [5.74, 6) is 6.42. The van der Waals surface area contributed by atoms with Gasteiger partial charge in [0.1, 0.15) is 5.84 Å².